The van der Waals surface area contributed by atoms with Gasteiger partial charge in [0.05, 0.1) is 6.04 Å². The van der Waals surface area contributed by atoms with Gasteiger partial charge in [-0.05, 0) is 37.0 Å². The van der Waals surface area contributed by atoms with E-state index in [2.05, 4.69) is 13.8 Å². The number of hydrogen-bond donors (Lipinski definition) is 2. The largest absolute Gasteiger partial charge is 0.508 e. The second-order valence-corrected chi connectivity index (χ2v) is 5.54. The Morgan fingerprint density at radius 1 is 1.19 bits per heavy atom. The molecule has 1 amide bonds. The number of nitrogens with zero attached hydrogens (tertiary/aromatic N) is 1. The van der Waals surface area contributed by atoms with Crippen molar-refractivity contribution in [3.63, 3.8) is 0 Å². The van der Waals surface area contributed by atoms with Crippen LogP contribution in [0.1, 0.15) is 39.2 Å². The van der Waals surface area contributed by atoms with Crippen LogP contribution in [0.25, 0.3) is 0 Å². The number of phenolic OH excluding ortho intramolecular Hbond substituents is 1. The molecule has 0 aliphatic heterocycles. The Kier molecular flexibility index (Phi) is 7.23. The molecule has 118 valence electrons. The number of rotatable bonds is 8. The molecule has 0 saturated heterocycles. The third-order valence-electron chi connectivity index (χ3n) is 4.04. The molecule has 0 saturated carbocycles. The van der Waals surface area contributed by atoms with Crippen molar-refractivity contribution in [3.8, 4) is 5.75 Å². The quantitative estimate of drug-likeness (QED) is 0.774. The maximum atomic E-state index is 12.5. The predicted octanol–water partition coefficient (Wildman–Crippen LogP) is 2.55. The second kappa shape index (κ2) is 8.67. The summed E-state index contributed by atoms with van der Waals surface area (Å²) in [6.07, 6.45) is 2.65. The van der Waals surface area contributed by atoms with Crippen LogP contribution in [0.3, 0.4) is 0 Å². The summed E-state index contributed by atoms with van der Waals surface area (Å²) in [5, 5.41) is 9.27. The number of phenols is 1. The molecular formula is C17H28N2O2. The first-order valence-electron chi connectivity index (χ1n) is 7.84. The monoisotopic (exact) mass is 292 g/mol. The number of likely N-dealkylation sites (N-methyl/N-ethyl adjacent to an activating group) is 1. The number of carbonyl (C=O) groups is 1. The van der Waals surface area contributed by atoms with Crippen molar-refractivity contribution >= 4 is 5.91 Å². The van der Waals surface area contributed by atoms with E-state index < -0.39 is 6.04 Å². The Hall–Kier alpha value is -1.55. The minimum atomic E-state index is -0.524. The van der Waals surface area contributed by atoms with Gasteiger partial charge in [0.2, 0.25) is 5.91 Å². The van der Waals surface area contributed by atoms with E-state index in [1.807, 2.05) is 11.8 Å². The van der Waals surface area contributed by atoms with Gasteiger partial charge in [-0.2, -0.15) is 0 Å². The number of aromatic hydroxyl groups is 1. The van der Waals surface area contributed by atoms with Gasteiger partial charge in [-0.15, -0.1) is 0 Å². The van der Waals surface area contributed by atoms with E-state index in [-0.39, 0.29) is 11.7 Å². The molecule has 0 aliphatic carbocycles. The first kappa shape index (κ1) is 17.5. The summed E-state index contributed by atoms with van der Waals surface area (Å²) < 4.78 is 0. The smallest absolute Gasteiger partial charge is 0.239 e. The van der Waals surface area contributed by atoms with Crippen LogP contribution >= 0.6 is 0 Å². The predicted molar refractivity (Wildman–Crippen MR) is 86.1 cm³/mol. The fourth-order valence-corrected chi connectivity index (χ4v) is 2.44. The summed E-state index contributed by atoms with van der Waals surface area (Å²) in [5.41, 5.74) is 7.03. The van der Waals surface area contributed by atoms with Crippen LogP contribution in [0.4, 0.5) is 0 Å². The van der Waals surface area contributed by atoms with Crippen molar-refractivity contribution in [2.45, 2.75) is 46.1 Å². The average molecular weight is 292 g/mol. The summed E-state index contributed by atoms with van der Waals surface area (Å²) in [6, 6.07) is 6.32. The van der Waals surface area contributed by atoms with Crippen LogP contribution in [0, 0.1) is 5.92 Å². The summed E-state index contributed by atoms with van der Waals surface area (Å²) >= 11 is 0. The van der Waals surface area contributed by atoms with Gasteiger partial charge in [-0.25, -0.2) is 0 Å². The zero-order chi connectivity index (χ0) is 15.8. The van der Waals surface area contributed by atoms with E-state index in [0.717, 1.165) is 24.9 Å². The van der Waals surface area contributed by atoms with Crippen LogP contribution in [-0.2, 0) is 11.2 Å². The lowest BCUT2D eigenvalue weighted by atomic mass is 10.0. The minimum Gasteiger partial charge on any atom is -0.508 e. The van der Waals surface area contributed by atoms with Gasteiger partial charge in [0.1, 0.15) is 5.75 Å². The van der Waals surface area contributed by atoms with E-state index in [1.165, 1.54) is 0 Å². The van der Waals surface area contributed by atoms with Crippen molar-refractivity contribution in [1.82, 2.24) is 4.90 Å². The highest BCUT2D eigenvalue weighted by Crippen LogP contribution is 2.13. The number of benzene rings is 1. The molecular weight excluding hydrogens is 264 g/mol. The number of carbonyl (C=O) groups excluding carboxylic acids is 1. The van der Waals surface area contributed by atoms with E-state index >= 15 is 0 Å². The molecule has 0 fully saturated rings. The third kappa shape index (κ3) is 5.38. The summed E-state index contributed by atoms with van der Waals surface area (Å²) in [6.45, 7) is 7.78. The highest BCUT2D eigenvalue weighted by molar-refractivity contribution is 5.82. The van der Waals surface area contributed by atoms with Crippen molar-refractivity contribution in [2.24, 2.45) is 11.7 Å². The molecule has 0 spiro atoms. The molecule has 3 N–H and O–H groups in total. The minimum absolute atomic E-state index is 0.0116. The van der Waals surface area contributed by atoms with Crippen LogP contribution in [0.2, 0.25) is 0 Å². The zero-order valence-electron chi connectivity index (χ0n) is 13.4. The molecule has 0 radical (unpaired) electrons. The number of nitrogens with two attached hydrogens (primary N) is 1. The number of amides is 1. The molecule has 0 aliphatic rings. The molecule has 4 nitrogen and oxygen atoms in total. The molecule has 4 heteroatoms. The van der Waals surface area contributed by atoms with E-state index in [9.17, 15) is 9.90 Å². The summed E-state index contributed by atoms with van der Waals surface area (Å²) in [4.78, 5) is 14.3. The molecule has 1 atom stereocenters. The summed E-state index contributed by atoms with van der Waals surface area (Å²) in [7, 11) is 0. The molecule has 0 heterocycles. The van der Waals surface area contributed by atoms with Crippen LogP contribution in [0.5, 0.6) is 5.75 Å². The summed E-state index contributed by atoms with van der Waals surface area (Å²) in [5.74, 6) is 0.773. The van der Waals surface area contributed by atoms with Gasteiger partial charge < -0.3 is 15.7 Å². The highest BCUT2D eigenvalue weighted by Gasteiger charge is 2.22. The van der Waals surface area contributed by atoms with Crippen molar-refractivity contribution in [2.75, 3.05) is 13.1 Å². The first-order valence-corrected chi connectivity index (χ1v) is 7.84. The van der Waals surface area contributed by atoms with Gasteiger partial charge in [0, 0.05) is 13.1 Å². The normalized spacial score (nSPS) is 12.4. The molecule has 0 bridgehead atoms. The van der Waals surface area contributed by atoms with Crippen molar-refractivity contribution in [3.05, 3.63) is 29.8 Å². The lowest BCUT2D eigenvalue weighted by Crippen LogP contribution is -2.46. The maximum Gasteiger partial charge on any atom is 0.239 e. The first-order chi connectivity index (χ1) is 10.0. The van der Waals surface area contributed by atoms with Crippen LogP contribution in [-0.4, -0.2) is 35.0 Å². The van der Waals surface area contributed by atoms with E-state index in [0.29, 0.717) is 18.9 Å². The molecule has 1 aromatic carbocycles. The molecule has 21 heavy (non-hydrogen) atoms. The lowest BCUT2D eigenvalue weighted by molar-refractivity contribution is -0.133. The van der Waals surface area contributed by atoms with Gasteiger partial charge >= 0.3 is 0 Å². The van der Waals surface area contributed by atoms with Gasteiger partial charge in [0.15, 0.2) is 0 Å². The Morgan fingerprint density at radius 2 is 1.76 bits per heavy atom. The average Bonchev–Trinajstić information content (AvgIpc) is 2.50. The molecule has 0 aromatic heterocycles. The lowest BCUT2D eigenvalue weighted by Gasteiger charge is -2.28. The van der Waals surface area contributed by atoms with E-state index in [4.69, 9.17) is 5.73 Å². The van der Waals surface area contributed by atoms with Crippen LogP contribution < -0.4 is 5.73 Å². The highest BCUT2D eigenvalue weighted by atomic mass is 16.3. The van der Waals surface area contributed by atoms with Gasteiger partial charge in [-0.1, -0.05) is 38.8 Å². The van der Waals surface area contributed by atoms with E-state index in [1.54, 1.807) is 24.3 Å². The third-order valence-corrected chi connectivity index (χ3v) is 4.04. The standard InChI is InChI=1S/C17H28N2O2/c1-4-13(5-2)12-19(6-3)17(21)16(18)11-14-7-9-15(20)10-8-14/h7-10,13,16,20H,4-6,11-12,18H2,1-3H3. The zero-order valence-corrected chi connectivity index (χ0v) is 13.4. The Bertz CT molecular complexity index is 427. The second-order valence-electron chi connectivity index (χ2n) is 5.54. The van der Waals surface area contributed by atoms with Crippen LogP contribution in [0.15, 0.2) is 24.3 Å². The SMILES string of the molecule is CCC(CC)CN(CC)C(=O)C(N)Cc1ccc(O)cc1. The maximum absolute atomic E-state index is 12.5. The Morgan fingerprint density at radius 3 is 2.24 bits per heavy atom. The topological polar surface area (TPSA) is 66.6 Å². The Balaban J connectivity index is 2.64. The molecule has 1 rings (SSSR count). The van der Waals surface area contributed by atoms with Gasteiger partial charge in [-0.3, -0.25) is 4.79 Å². The molecule has 1 unspecified atom stereocenters. The van der Waals surface area contributed by atoms with Gasteiger partial charge in [0.25, 0.3) is 0 Å². The van der Waals surface area contributed by atoms with Crippen molar-refractivity contribution < 1.29 is 9.90 Å². The Labute approximate surface area is 128 Å². The number of hydrogen-bond acceptors (Lipinski definition) is 3. The fourth-order valence-electron chi connectivity index (χ4n) is 2.44. The fraction of sp³-hybridized carbons (Fsp3) is 0.588. The molecule has 1 aromatic rings. The van der Waals surface area contributed by atoms with Crippen molar-refractivity contribution in [1.29, 1.82) is 0 Å².